The molecule has 0 spiro atoms. The van der Waals surface area contributed by atoms with Gasteiger partial charge in [0.05, 0.1) is 6.10 Å². The standard InChI is InChI=1S/C11H17NO/c1-8(2)11-4-5-12-7-10(11)6-9(3)13/h4-5,7-9,13H,6H2,1-3H3. The lowest BCUT2D eigenvalue weighted by Gasteiger charge is -2.12. The average Bonchev–Trinajstić information content (AvgIpc) is 2.03. The zero-order valence-electron chi connectivity index (χ0n) is 8.49. The molecule has 1 atom stereocenters. The molecule has 1 rings (SSSR count). The minimum Gasteiger partial charge on any atom is -0.393 e. The smallest absolute Gasteiger partial charge is 0.0553 e. The number of aliphatic hydroxyl groups is 1. The topological polar surface area (TPSA) is 33.1 Å². The van der Waals surface area contributed by atoms with Gasteiger partial charge < -0.3 is 5.11 Å². The summed E-state index contributed by atoms with van der Waals surface area (Å²) in [6.45, 7) is 6.11. The van der Waals surface area contributed by atoms with E-state index in [1.165, 1.54) is 5.56 Å². The zero-order valence-corrected chi connectivity index (χ0v) is 8.49. The Balaban J connectivity index is 2.91. The summed E-state index contributed by atoms with van der Waals surface area (Å²) < 4.78 is 0. The van der Waals surface area contributed by atoms with Crippen molar-refractivity contribution in [1.29, 1.82) is 0 Å². The van der Waals surface area contributed by atoms with Crippen molar-refractivity contribution in [2.75, 3.05) is 0 Å². The highest BCUT2D eigenvalue weighted by atomic mass is 16.3. The molecule has 0 saturated carbocycles. The van der Waals surface area contributed by atoms with E-state index >= 15 is 0 Å². The first-order chi connectivity index (χ1) is 6.11. The summed E-state index contributed by atoms with van der Waals surface area (Å²) in [6.07, 6.45) is 4.06. The predicted molar refractivity (Wildman–Crippen MR) is 53.7 cm³/mol. The highest BCUT2D eigenvalue weighted by Crippen LogP contribution is 2.19. The molecular weight excluding hydrogens is 162 g/mol. The van der Waals surface area contributed by atoms with E-state index in [2.05, 4.69) is 18.8 Å². The molecule has 13 heavy (non-hydrogen) atoms. The number of nitrogens with zero attached hydrogens (tertiary/aromatic N) is 1. The van der Waals surface area contributed by atoms with Gasteiger partial charge in [0.1, 0.15) is 0 Å². The van der Waals surface area contributed by atoms with Crippen LogP contribution in [0.2, 0.25) is 0 Å². The van der Waals surface area contributed by atoms with Crippen LogP contribution >= 0.6 is 0 Å². The van der Waals surface area contributed by atoms with Crippen molar-refractivity contribution < 1.29 is 5.11 Å². The summed E-state index contributed by atoms with van der Waals surface area (Å²) in [5.74, 6) is 0.497. The van der Waals surface area contributed by atoms with Crippen molar-refractivity contribution in [3.8, 4) is 0 Å². The van der Waals surface area contributed by atoms with Crippen LogP contribution in [-0.4, -0.2) is 16.2 Å². The molecule has 1 heterocycles. The van der Waals surface area contributed by atoms with Gasteiger partial charge >= 0.3 is 0 Å². The summed E-state index contributed by atoms with van der Waals surface area (Å²) in [7, 11) is 0. The van der Waals surface area contributed by atoms with Gasteiger partial charge in [0.25, 0.3) is 0 Å². The second-order valence-electron chi connectivity index (χ2n) is 3.78. The largest absolute Gasteiger partial charge is 0.393 e. The fraction of sp³-hybridized carbons (Fsp3) is 0.545. The Labute approximate surface area is 79.6 Å². The van der Waals surface area contributed by atoms with Crippen LogP contribution in [0.5, 0.6) is 0 Å². The Morgan fingerprint density at radius 2 is 2.08 bits per heavy atom. The summed E-state index contributed by atoms with van der Waals surface area (Å²) in [5.41, 5.74) is 2.45. The van der Waals surface area contributed by atoms with Crippen LogP contribution in [-0.2, 0) is 6.42 Å². The number of aliphatic hydroxyl groups excluding tert-OH is 1. The Hall–Kier alpha value is -0.890. The van der Waals surface area contributed by atoms with Gasteiger partial charge in [-0.05, 0) is 36.5 Å². The Morgan fingerprint density at radius 3 is 2.62 bits per heavy atom. The number of pyridine rings is 1. The van der Waals surface area contributed by atoms with E-state index in [9.17, 15) is 5.11 Å². The summed E-state index contributed by atoms with van der Waals surface area (Å²) in [5, 5.41) is 9.28. The molecule has 1 unspecified atom stereocenters. The van der Waals surface area contributed by atoms with Gasteiger partial charge in [0.15, 0.2) is 0 Å². The predicted octanol–water partition coefficient (Wildman–Crippen LogP) is 2.13. The molecule has 0 amide bonds. The molecule has 0 aliphatic carbocycles. The first kappa shape index (κ1) is 10.2. The summed E-state index contributed by atoms with van der Waals surface area (Å²) in [4.78, 5) is 4.07. The van der Waals surface area contributed by atoms with Crippen molar-refractivity contribution in [2.24, 2.45) is 0 Å². The normalized spacial score (nSPS) is 13.3. The molecule has 2 nitrogen and oxygen atoms in total. The Kier molecular flexibility index (Phi) is 3.43. The highest BCUT2D eigenvalue weighted by molar-refractivity contribution is 5.26. The van der Waals surface area contributed by atoms with Gasteiger partial charge in [0.2, 0.25) is 0 Å². The van der Waals surface area contributed by atoms with Crippen molar-refractivity contribution in [2.45, 2.75) is 39.2 Å². The fourth-order valence-corrected chi connectivity index (χ4v) is 1.49. The van der Waals surface area contributed by atoms with E-state index in [-0.39, 0.29) is 6.10 Å². The number of rotatable bonds is 3. The minimum atomic E-state index is -0.290. The first-order valence-corrected chi connectivity index (χ1v) is 4.72. The second kappa shape index (κ2) is 4.38. The van der Waals surface area contributed by atoms with Crippen LogP contribution < -0.4 is 0 Å². The zero-order chi connectivity index (χ0) is 9.84. The second-order valence-corrected chi connectivity index (χ2v) is 3.78. The minimum absolute atomic E-state index is 0.290. The Morgan fingerprint density at radius 1 is 1.38 bits per heavy atom. The molecular formula is C11H17NO. The lowest BCUT2D eigenvalue weighted by atomic mass is 9.96. The fourth-order valence-electron chi connectivity index (χ4n) is 1.49. The lowest BCUT2D eigenvalue weighted by molar-refractivity contribution is 0.195. The van der Waals surface area contributed by atoms with E-state index < -0.39 is 0 Å². The summed E-state index contributed by atoms with van der Waals surface area (Å²) >= 11 is 0. The number of hydrogen-bond donors (Lipinski definition) is 1. The molecule has 2 heteroatoms. The van der Waals surface area contributed by atoms with Crippen LogP contribution in [0.25, 0.3) is 0 Å². The van der Waals surface area contributed by atoms with Gasteiger partial charge in [-0.3, -0.25) is 4.98 Å². The van der Waals surface area contributed by atoms with Gasteiger partial charge in [-0.25, -0.2) is 0 Å². The highest BCUT2D eigenvalue weighted by Gasteiger charge is 2.07. The third kappa shape index (κ3) is 2.81. The van der Waals surface area contributed by atoms with Gasteiger partial charge in [-0.1, -0.05) is 13.8 Å². The molecule has 0 aromatic carbocycles. The van der Waals surface area contributed by atoms with Crippen molar-refractivity contribution in [3.63, 3.8) is 0 Å². The van der Waals surface area contributed by atoms with Crippen LogP contribution in [0, 0.1) is 0 Å². The van der Waals surface area contributed by atoms with Crippen LogP contribution in [0.15, 0.2) is 18.5 Å². The van der Waals surface area contributed by atoms with Crippen molar-refractivity contribution >= 4 is 0 Å². The van der Waals surface area contributed by atoms with E-state index in [1.807, 2.05) is 12.3 Å². The van der Waals surface area contributed by atoms with Crippen molar-refractivity contribution in [1.82, 2.24) is 4.98 Å². The van der Waals surface area contributed by atoms with E-state index in [0.29, 0.717) is 12.3 Å². The number of hydrogen-bond acceptors (Lipinski definition) is 2. The molecule has 72 valence electrons. The lowest BCUT2D eigenvalue weighted by Crippen LogP contribution is -2.07. The molecule has 1 aromatic rings. The SMILES string of the molecule is CC(O)Cc1cnccc1C(C)C. The van der Waals surface area contributed by atoms with E-state index in [0.717, 1.165) is 5.56 Å². The van der Waals surface area contributed by atoms with Crippen LogP contribution in [0.3, 0.4) is 0 Å². The van der Waals surface area contributed by atoms with Gasteiger partial charge in [-0.2, -0.15) is 0 Å². The van der Waals surface area contributed by atoms with Crippen LogP contribution in [0.4, 0.5) is 0 Å². The van der Waals surface area contributed by atoms with E-state index in [4.69, 9.17) is 0 Å². The molecule has 1 aromatic heterocycles. The molecule has 1 N–H and O–H groups in total. The number of aromatic nitrogens is 1. The average molecular weight is 179 g/mol. The third-order valence-electron chi connectivity index (χ3n) is 2.08. The molecule has 0 saturated heterocycles. The van der Waals surface area contributed by atoms with Gasteiger partial charge in [-0.15, -0.1) is 0 Å². The Bertz CT molecular complexity index is 269. The quantitative estimate of drug-likeness (QED) is 0.771. The van der Waals surface area contributed by atoms with Gasteiger partial charge in [0, 0.05) is 12.4 Å². The molecule has 0 aliphatic rings. The maximum absolute atomic E-state index is 9.28. The summed E-state index contributed by atoms with van der Waals surface area (Å²) in [6, 6.07) is 2.03. The molecule has 0 radical (unpaired) electrons. The third-order valence-corrected chi connectivity index (χ3v) is 2.08. The molecule has 0 fully saturated rings. The first-order valence-electron chi connectivity index (χ1n) is 4.72. The maximum atomic E-state index is 9.28. The van der Waals surface area contributed by atoms with E-state index in [1.54, 1.807) is 13.1 Å². The monoisotopic (exact) mass is 179 g/mol. The molecule has 0 bridgehead atoms. The van der Waals surface area contributed by atoms with Crippen LogP contribution in [0.1, 0.15) is 37.8 Å². The molecule has 0 aliphatic heterocycles. The van der Waals surface area contributed by atoms with Crippen molar-refractivity contribution in [3.05, 3.63) is 29.6 Å². The maximum Gasteiger partial charge on any atom is 0.0553 e.